The van der Waals surface area contributed by atoms with Gasteiger partial charge in [0.1, 0.15) is 6.04 Å². The van der Waals surface area contributed by atoms with Gasteiger partial charge in [0.2, 0.25) is 11.8 Å². The highest BCUT2D eigenvalue weighted by atomic mass is 16.2. The number of carbonyl (C=O) groups excluding carboxylic acids is 2. The Bertz CT molecular complexity index is 1150. The minimum atomic E-state index is -0.577. The number of carbonyl (C=O) groups is 2. The van der Waals surface area contributed by atoms with E-state index in [-0.39, 0.29) is 24.3 Å². The maximum Gasteiger partial charge on any atom is 0.243 e. The summed E-state index contributed by atoms with van der Waals surface area (Å²) in [6.07, 6.45) is 6.31. The van der Waals surface area contributed by atoms with Gasteiger partial charge in [-0.25, -0.2) is 0 Å². The summed E-state index contributed by atoms with van der Waals surface area (Å²) in [5.74, 6) is -0.0715. The Labute approximate surface area is 215 Å². The summed E-state index contributed by atoms with van der Waals surface area (Å²) < 4.78 is 0. The molecule has 0 spiro atoms. The Morgan fingerprint density at radius 3 is 2.08 bits per heavy atom. The third-order valence-electron chi connectivity index (χ3n) is 7.10. The molecule has 188 valence electrons. The van der Waals surface area contributed by atoms with E-state index < -0.39 is 6.04 Å². The maximum absolute atomic E-state index is 13.9. The molecule has 4 rings (SSSR count). The van der Waals surface area contributed by atoms with E-state index >= 15 is 0 Å². The van der Waals surface area contributed by atoms with E-state index in [1.54, 1.807) is 0 Å². The molecule has 0 unspecified atom stereocenters. The molecule has 4 nitrogen and oxygen atoms in total. The molecule has 0 aliphatic heterocycles. The number of hydrogen-bond acceptors (Lipinski definition) is 2. The molecule has 1 N–H and O–H groups in total. The Morgan fingerprint density at radius 1 is 0.806 bits per heavy atom. The minimum Gasteiger partial charge on any atom is -0.352 e. The molecule has 0 heterocycles. The topological polar surface area (TPSA) is 49.4 Å². The molecule has 0 bridgehead atoms. The average molecular weight is 483 g/mol. The van der Waals surface area contributed by atoms with Crippen LogP contribution in [0, 0.1) is 13.8 Å². The summed E-state index contributed by atoms with van der Waals surface area (Å²) in [5.41, 5.74) is 5.33. The van der Waals surface area contributed by atoms with E-state index in [0.717, 1.165) is 53.5 Å². The second-order valence-corrected chi connectivity index (χ2v) is 10.2. The monoisotopic (exact) mass is 482 g/mol. The van der Waals surface area contributed by atoms with Crippen LogP contribution in [0.25, 0.3) is 0 Å². The van der Waals surface area contributed by atoms with Crippen LogP contribution in [-0.2, 0) is 29.0 Å². The second kappa shape index (κ2) is 12.5. The highest BCUT2D eigenvalue weighted by Crippen LogP contribution is 2.21. The fourth-order valence-electron chi connectivity index (χ4n) is 5.20. The standard InChI is InChI=1S/C32H38N2O2/c1-24-11-9-15-27(19-24)22-31(35)34(23-28-16-10-12-25(2)20-28)30(21-26-13-5-3-6-14-26)32(36)33-29-17-7-4-8-18-29/h3,5-6,9-16,19-20,29-30H,4,7-8,17-18,21-23H2,1-2H3,(H,33,36)/t30-/m0/s1. The van der Waals surface area contributed by atoms with Crippen molar-refractivity contribution >= 4 is 11.8 Å². The summed E-state index contributed by atoms with van der Waals surface area (Å²) >= 11 is 0. The molecule has 1 saturated carbocycles. The number of amides is 2. The van der Waals surface area contributed by atoms with E-state index in [9.17, 15) is 9.59 Å². The molecule has 1 fully saturated rings. The first kappa shape index (κ1) is 25.7. The largest absolute Gasteiger partial charge is 0.352 e. The van der Waals surface area contributed by atoms with Crippen molar-refractivity contribution in [2.45, 2.75) is 77.4 Å². The van der Waals surface area contributed by atoms with E-state index in [1.165, 1.54) is 6.42 Å². The van der Waals surface area contributed by atoms with Crippen LogP contribution in [0.3, 0.4) is 0 Å². The van der Waals surface area contributed by atoms with Crippen molar-refractivity contribution in [2.75, 3.05) is 0 Å². The molecule has 1 atom stereocenters. The molecule has 0 aromatic heterocycles. The van der Waals surface area contributed by atoms with Gasteiger partial charge in [-0.1, -0.05) is 109 Å². The number of aryl methyl sites for hydroxylation is 2. The fourth-order valence-corrected chi connectivity index (χ4v) is 5.20. The van der Waals surface area contributed by atoms with Crippen molar-refractivity contribution in [3.8, 4) is 0 Å². The van der Waals surface area contributed by atoms with Crippen molar-refractivity contribution in [1.82, 2.24) is 10.2 Å². The van der Waals surface area contributed by atoms with Crippen LogP contribution < -0.4 is 5.32 Å². The minimum absolute atomic E-state index is 0.0261. The smallest absolute Gasteiger partial charge is 0.243 e. The molecule has 0 radical (unpaired) electrons. The molecule has 36 heavy (non-hydrogen) atoms. The third-order valence-corrected chi connectivity index (χ3v) is 7.10. The van der Waals surface area contributed by atoms with E-state index in [0.29, 0.717) is 13.0 Å². The summed E-state index contributed by atoms with van der Waals surface area (Å²) in [6, 6.07) is 25.9. The van der Waals surface area contributed by atoms with Crippen molar-refractivity contribution in [2.24, 2.45) is 0 Å². The lowest BCUT2D eigenvalue weighted by molar-refractivity contribution is -0.141. The Morgan fingerprint density at radius 2 is 1.42 bits per heavy atom. The first-order chi connectivity index (χ1) is 17.5. The number of benzene rings is 3. The molecule has 3 aromatic carbocycles. The molecule has 4 heteroatoms. The van der Waals surface area contributed by atoms with Gasteiger partial charge in [0, 0.05) is 19.0 Å². The third kappa shape index (κ3) is 7.30. The van der Waals surface area contributed by atoms with Crippen molar-refractivity contribution in [3.63, 3.8) is 0 Å². The van der Waals surface area contributed by atoms with Crippen LogP contribution in [0.15, 0.2) is 78.9 Å². The molecule has 1 aliphatic carbocycles. The predicted molar refractivity (Wildman–Crippen MR) is 146 cm³/mol. The SMILES string of the molecule is Cc1cccc(CC(=O)N(Cc2cccc(C)c2)[C@@H](Cc2ccccc2)C(=O)NC2CCCCC2)c1. The fraction of sp³-hybridized carbons (Fsp3) is 0.375. The number of nitrogens with one attached hydrogen (secondary N) is 1. The van der Waals surface area contributed by atoms with Crippen LogP contribution in [0.4, 0.5) is 0 Å². The Hall–Kier alpha value is -3.40. The second-order valence-electron chi connectivity index (χ2n) is 10.2. The molecule has 3 aromatic rings. The zero-order valence-electron chi connectivity index (χ0n) is 21.6. The van der Waals surface area contributed by atoms with Gasteiger partial charge < -0.3 is 10.2 Å². The van der Waals surface area contributed by atoms with Crippen molar-refractivity contribution < 1.29 is 9.59 Å². The zero-order valence-corrected chi connectivity index (χ0v) is 21.6. The van der Waals surface area contributed by atoms with Crippen LogP contribution in [-0.4, -0.2) is 28.8 Å². The van der Waals surface area contributed by atoms with Gasteiger partial charge >= 0.3 is 0 Å². The van der Waals surface area contributed by atoms with E-state index in [4.69, 9.17) is 0 Å². The predicted octanol–water partition coefficient (Wildman–Crippen LogP) is 5.93. The average Bonchev–Trinajstić information content (AvgIpc) is 2.87. The molecule has 1 aliphatic rings. The van der Waals surface area contributed by atoms with Gasteiger partial charge in [-0.15, -0.1) is 0 Å². The summed E-state index contributed by atoms with van der Waals surface area (Å²) in [7, 11) is 0. The summed E-state index contributed by atoms with van der Waals surface area (Å²) in [5, 5.41) is 3.31. The lowest BCUT2D eigenvalue weighted by Crippen LogP contribution is -2.53. The van der Waals surface area contributed by atoms with Crippen LogP contribution in [0.5, 0.6) is 0 Å². The van der Waals surface area contributed by atoms with E-state index in [2.05, 4.69) is 30.4 Å². The van der Waals surface area contributed by atoms with E-state index in [1.807, 2.05) is 72.5 Å². The normalized spacial score (nSPS) is 14.7. The van der Waals surface area contributed by atoms with Crippen LogP contribution >= 0.6 is 0 Å². The van der Waals surface area contributed by atoms with Crippen molar-refractivity contribution in [1.29, 1.82) is 0 Å². The lowest BCUT2D eigenvalue weighted by atomic mass is 9.94. The number of hydrogen-bond donors (Lipinski definition) is 1. The number of nitrogens with zero attached hydrogens (tertiary/aromatic N) is 1. The first-order valence-electron chi connectivity index (χ1n) is 13.2. The summed E-state index contributed by atoms with van der Waals surface area (Å²) in [4.78, 5) is 29.5. The zero-order chi connectivity index (χ0) is 25.3. The van der Waals surface area contributed by atoms with Gasteiger partial charge in [0.05, 0.1) is 6.42 Å². The molecule has 2 amide bonds. The van der Waals surface area contributed by atoms with Crippen LogP contribution in [0.2, 0.25) is 0 Å². The quantitative estimate of drug-likeness (QED) is 0.411. The van der Waals surface area contributed by atoms with Crippen LogP contribution in [0.1, 0.15) is 59.9 Å². The maximum atomic E-state index is 13.9. The first-order valence-corrected chi connectivity index (χ1v) is 13.2. The molecular formula is C32H38N2O2. The lowest BCUT2D eigenvalue weighted by Gasteiger charge is -2.33. The highest BCUT2D eigenvalue weighted by Gasteiger charge is 2.32. The Kier molecular flexibility index (Phi) is 8.94. The van der Waals surface area contributed by atoms with Crippen molar-refractivity contribution in [3.05, 3.63) is 107 Å². The van der Waals surface area contributed by atoms with Gasteiger partial charge in [-0.05, 0) is 43.4 Å². The molecule has 0 saturated heterocycles. The van der Waals surface area contributed by atoms with Gasteiger partial charge in [-0.2, -0.15) is 0 Å². The molecular weight excluding hydrogens is 444 g/mol. The number of rotatable bonds is 9. The summed E-state index contributed by atoms with van der Waals surface area (Å²) in [6.45, 7) is 4.50. The highest BCUT2D eigenvalue weighted by molar-refractivity contribution is 5.89. The van der Waals surface area contributed by atoms with Gasteiger partial charge in [0.15, 0.2) is 0 Å². The Balaban J connectivity index is 1.65. The van der Waals surface area contributed by atoms with Gasteiger partial charge in [-0.3, -0.25) is 9.59 Å². The van der Waals surface area contributed by atoms with Gasteiger partial charge in [0.25, 0.3) is 0 Å².